The SMILES string of the molecule is CCCCCCCCCCCCCC/C=C/O[C@H](COC(=O)CCCCCC[C@H]1[C@@H](O)CC(=O)[C@@H]1/C=C/[C@@H](O)CCCCC)COP(=O)([O-])OCC[N+](C)(C)C. The first-order chi connectivity index (χ1) is 26.8. The third kappa shape index (κ3) is 28.8. The van der Waals surface area contributed by atoms with Crippen molar-refractivity contribution in [1.29, 1.82) is 0 Å². The van der Waals surface area contributed by atoms with Crippen LogP contribution in [0.25, 0.3) is 0 Å². The molecule has 12 heteroatoms. The van der Waals surface area contributed by atoms with Crippen molar-refractivity contribution in [2.45, 2.75) is 186 Å². The minimum atomic E-state index is -4.57. The van der Waals surface area contributed by atoms with Gasteiger partial charge >= 0.3 is 5.97 Å². The number of aliphatic hydroxyl groups is 2. The average Bonchev–Trinajstić information content (AvgIpc) is 3.41. The van der Waals surface area contributed by atoms with Gasteiger partial charge in [0.15, 0.2) is 6.10 Å². The maximum absolute atomic E-state index is 12.6. The van der Waals surface area contributed by atoms with E-state index < -0.39 is 32.1 Å². The fraction of sp³-hybridized carbons (Fsp3) is 0.864. The highest BCUT2D eigenvalue weighted by molar-refractivity contribution is 7.45. The fourth-order valence-corrected chi connectivity index (χ4v) is 7.63. The van der Waals surface area contributed by atoms with Crippen molar-refractivity contribution in [3.05, 3.63) is 24.5 Å². The van der Waals surface area contributed by atoms with Gasteiger partial charge in [0.25, 0.3) is 7.82 Å². The van der Waals surface area contributed by atoms with Crippen molar-refractivity contribution in [1.82, 2.24) is 0 Å². The van der Waals surface area contributed by atoms with Gasteiger partial charge in [0.1, 0.15) is 25.5 Å². The lowest BCUT2D eigenvalue weighted by Gasteiger charge is -2.28. The Hall–Kier alpha value is -1.59. The Kier molecular flexibility index (Phi) is 30.2. The van der Waals surface area contributed by atoms with Gasteiger partial charge in [-0.3, -0.25) is 14.2 Å². The van der Waals surface area contributed by atoms with E-state index in [1.165, 1.54) is 64.2 Å². The summed E-state index contributed by atoms with van der Waals surface area (Å²) in [7, 11) is 1.23. The Balaban J connectivity index is 2.44. The Morgan fingerprint density at radius 1 is 0.857 bits per heavy atom. The number of nitrogens with zero attached hydrogens (tertiary/aromatic N) is 1. The number of hydrogen-bond acceptors (Lipinski definition) is 10. The summed E-state index contributed by atoms with van der Waals surface area (Å²) in [6.07, 6.45) is 29.0. The number of esters is 1. The fourth-order valence-electron chi connectivity index (χ4n) is 6.91. The largest absolute Gasteiger partial charge is 0.756 e. The zero-order chi connectivity index (χ0) is 41.5. The second kappa shape index (κ2) is 32.3. The Morgan fingerprint density at radius 3 is 2.09 bits per heavy atom. The summed E-state index contributed by atoms with van der Waals surface area (Å²) >= 11 is 0. The molecule has 2 N–H and O–H groups in total. The molecule has 1 fully saturated rings. The van der Waals surface area contributed by atoms with E-state index in [1.54, 1.807) is 18.4 Å². The maximum Gasteiger partial charge on any atom is 0.305 e. The molecule has 56 heavy (non-hydrogen) atoms. The van der Waals surface area contributed by atoms with Crippen LogP contribution in [0.15, 0.2) is 24.5 Å². The number of ketones is 1. The number of quaternary nitrogens is 1. The molecule has 6 atom stereocenters. The highest BCUT2D eigenvalue weighted by Gasteiger charge is 2.39. The first kappa shape index (κ1) is 52.4. The van der Waals surface area contributed by atoms with E-state index in [2.05, 4.69) is 13.8 Å². The second-order valence-electron chi connectivity index (χ2n) is 16.9. The Morgan fingerprint density at radius 2 is 1.45 bits per heavy atom. The van der Waals surface area contributed by atoms with Gasteiger partial charge in [-0.2, -0.15) is 0 Å². The number of rotatable bonds is 37. The van der Waals surface area contributed by atoms with Crippen molar-refractivity contribution in [3.8, 4) is 0 Å². The molecule has 0 radical (unpaired) electrons. The summed E-state index contributed by atoms with van der Waals surface area (Å²) in [6.45, 7) is 4.34. The molecule has 328 valence electrons. The number of likely N-dealkylation sites (N-methyl/N-ethyl adjacent to an activating group) is 1. The summed E-state index contributed by atoms with van der Waals surface area (Å²) in [5.74, 6) is -0.899. The average molecular weight is 816 g/mol. The maximum atomic E-state index is 12.6. The first-order valence-corrected chi connectivity index (χ1v) is 23.7. The van der Waals surface area contributed by atoms with Crippen LogP contribution in [-0.4, -0.2) is 92.3 Å². The molecular weight excluding hydrogens is 733 g/mol. The molecule has 0 heterocycles. The Bertz CT molecular complexity index is 1110. The van der Waals surface area contributed by atoms with Gasteiger partial charge in [-0.05, 0) is 44.1 Å². The van der Waals surface area contributed by atoms with Crippen LogP contribution in [0.1, 0.15) is 168 Å². The standard InChI is InChI=1S/C44H82NO10P/c1-6-8-10-11-12-13-14-15-16-17-18-19-22-26-33-52-39(37-55-56(50,51)54-34-32-45(3,4)5)36-53-44(49)29-25-21-20-24-28-40-41(43(48)35-42(40)47)31-30-38(46)27-23-9-7-2/h26,30-31,33,38-42,46-47H,6-25,27-29,32,34-37H2,1-5H3/b31-30+,33-26+/t38-,39+,40+,41+,42-/m0/s1. The van der Waals surface area contributed by atoms with E-state index >= 15 is 0 Å². The highest BCUT2D eigenvalue weighted by atomic mass is 31.2. The van der Waals surface area contributed by atoms with Gasteiger partial charge < -0.3 is 38.1 Å². The molecule has 0 spiro atoms. The van der Waals surface area contributed by atoms with Gasteiger partial charge in [-0.1, -0.05) is 135 Å². The van der Waals surface area contributed by atoms with Gasteiger partial charge in [0, 0.05) is 18.8 Å². The number of carbonyl (C=O) groups is 2. The zero-order valence-electron chi connectivity index (χ0n) is 36.0. The van der Waals surface area contributed by atoms with E-state index in [1.807, 2.05) is 27.2 Å². The van der Waals surface area contributed by atoms with Gasteiger partial charge in [0.05, 0.1) is 46.2 Å². The van der Waals surface area contributed by atoms with Crippen LogP contribution in [0, 0.1) is 11.8 Å². The van der Waals surface area contributed by atoms with E-state index in [-0.39, 0.29) is 50.3 Å². The Labute approximate surface area is 341 Å². The van der Waals surface area contributed by atoms with E-state index in [0.717, 1.165) is 57.8 Å². The van der Waals surface area contributed by atoms with Crippen LogP contribution >= 0.6 is 7.82 Å². The van der Waals surface area contributed by atoms with E-state index in [9.17, 15) is 29.3 Å². The summed E-state index contributed by atoms with van der Waals surface area (Å²) in [5, 5.41) is 20.8. The van der Waals surface area contributed by atoms with Crippen molar-refractivity contribution in [3.63, 3.8) is 0 Å². The summed E-state index contributed by atoms with van der Waals surface area (Å²) in [6, 6.07) is 0. The van der Waals surface area contributed by atoms with Gasteiger partial charge in [-0.25, -0.2) is 0 Å². The third-order valence-corrected chi connectivity index (χ3v) is 11.5. The molecule has 0 bridgehead atoms. The predicted molar refractivity (Wildman–Crippen MR) is 223 cm³/mol. The predicted octanol–water partition coefficient (Wildman–Crippen LogP) is 9.13. The van der Waals surface area contributed by atoms with Gasteiger partial charge in [-0.15, -0.1) is 0 Å². The molecule has 0 amide bonds. The molecule has 1 unspecified atom stereocenters. The van der Waals surface area contributed by atoms with Crippen molar-refractivity contribution in [2.24, 2.45) is 11.8 Å². The van der Waals surface area contributed by atoms with Gasteiger partial charge in [0.2, 0.25) is 0 Å². The molecule has 0 aromatic heterocycles. The molecule has 1 aliphatic carbocycles. The topological polar surface area (TPSA) is 152 Å². The lowest BCUT2D eigenvalue weighted by molar-refractivity contribution is -0.870. The van der Waals surface area contributed by atoms with Crippen LogP contribution in [0.3, 0.4) is 0 Å². The van der Waals surface area contributed by atoms with Crippen LogP contribution in [0.2, 0.25) is 0 Å². The zero-order valence-corrected chi connectivity index (χ0v) is 36.9. The van der Waals surface area contributed by atoms with E-state index in [4.69, 9.17) is 18.5 Å². The quantitative estimate of drug-likeness (QED) is 0.0155. The summed E-state index contributed by atoms with van der Waals surface area (Å²) in [4.78, 5) is 37.5. The van der Waals surface area contributed by atoms with Crippen LogP contribution in [0.4, 0.5) is 0 Å². The van der Waals surface area contributed by atoms with Crippen LogP contribution < -0.4 is 4.89 Å². The number of carbonyl (C=O) groups excluding carboxylic acids is 2. The number of unbranched alkanes of at least 4 members (excludes halogenated alkanes) is 17. The number of aliphatic hydroxyl groups excluding tert-OH is 2. The second-order valence-corrected chi connectivity index (χ2v) is 18.3. The van der Waals surface area contributed by atoms with Crippen molar-refractivity contribution < 1.29 is 52.3 Å². The molecule has 1 rings (SSSR count). The van der Waals surface area contributed by atoms with Crippen molar-refractivity contribution >= 4 is 19.6 Å². The lowest BCUT2D eigenvalue weighted by Crippen LogP contribution is -2.37. The summed E-state index contributed by atoms with van der Waals surface area (Å²) in [5.41, 5.74) is 0. The molecule has 0 aromatic carbocycles. The molecule has 0 saturated heterocycles. The third-order valence-electron chi connectivity index (χ3n) is 10.5. The molecule has 0 aromatic rings. The molecule has 1 aliphatic rings. The smallest absolute Gasteiger partial charge is 0.305 e. The molecule has 0 aliphatic heterocycles. The number of phosphoric acid groups is 1. The monoisotopic (exact) mass is 816 g/mol. The minimum absolute atomic E-state index is 0.00986. The minimum Gasteiger partial charge on any atom is -0.756 e. The number of allylic oxidation sites excluding steroid dienone is 2. The number of Topliss-reactive ketones (excluding diaryl/α,β-unsaturated/α-hetero) is 1. The highest BCUT2D eigenvalue weighted by Crippen LogP contribution is 2.38. The van der Waals surface area contributed by atoms with Crippen molar-refractivity contribution in [2.75, 3.05) is 47.5 Å². The van der Waals surface area contributed by atoms with E-state index in [0.29, 0.717) is 30.3 Å². The molecule has 1 saturated carbocycles. The molecular formula is C44H82NO10P. The molecule has 11 nitrogen and oxygen atoms in total. The first-order valence-electron chi connectivity index (χ1n) is 22.2. The number of ether oxygens (including phenoxy) is 2. The number of hydrogen-bond donors (Lipinski definition) is 2. The van der Waals surface area contributed by atoms with Crippen LogP contribution in [-0.2, 0) is 32.7 Å². The normalized spacial score (nSPS) is 19.9. The summed E-state index contributed by atoms with van der Waals surface area (Å²) < 4.78 is 34.3. The number of phosphoric ester groups is 1. The lowest BCUT2D eigenvalue weighted by atomic mass is 9.88. The van der Waals surface area contributed by atoms with Crippen LogP contribution in [0.5, 0.6) is 0 Å².